The molecule has 0 radical (unpaired) electrons. The second kappa shape index (κ2) is 6.88. The van der Waals surface area contributed by atoms with Crippen molar-refractivity contribution in [3.63, 3.8) is 0 Å². The van der Waals surface area contributed by atoms with Gasteiger partial charge in [-0.2, -0.15) is 10.1 Å². The zero-order valence-corrected chi connectivity index (χ0v) is 14.8. The normalized spacial score (nSPS) is 12.3. The second-order valence-electron chi connectivity index (χ2n) is 5.87. The molecular formula is C18H13ClF2N6. The first-order chi connectivity index (χ1) is 13.0. The van der Waals surface area contributed by atoms with Gasteiger partial charge in [-0.05, 0) is 37.3 Å². The van der Waals surface area contributed by atoms with Gasteiger partial charge >= 0.3 is 0 Å². The fourth-order valence-electron chi connectivity index (χ4n) is 2.62. The van der Waals surface area contributed by atoms with Gasteiger partial charge < -0.3 is 5.32 Å². The fourth-order valence-corrected chi connectivity index (χ4v) is 2.79. The third-order valence-electron chi connectivity index (χ3n) is 3.96. The minimum atomic E-state index is -0.752. The van der Waals surface area contributed by atoms with Crippen molar-refractivity contribution in [2.24, 2.45) is 0 Å². The van der Waals surface area contributed by atoms with Crippen LogP contribution in [0.4, 0.5) is 14.7 Å². The third-order valence-corrected chi connectivity index (χ3v) is 4.21. The number of pyridine rings is 2. The first-order valence-corrected chi connectivity index (χ1v) is 8.45. The van der Waals surface area contributed by atoms with E-state index < -0.39 is 11.6 Å². The Morgan fingerprint density at radius 1 is 1.15 bits per heavy atom. The molecule has 1 N–H and O–H groups in total. The Kier molecular flexibility index (Phi) is 4.41. The van der Waals surface area contributed by atoms with Crippen LogP contribution in [0.25, 0.3) is 16.9 Å². The van der Waals surface area contributed by atoms with Crippen LogP contribution in [0.2, 0.25) is 5.15 Å². The van der Waals surface area contributed by atoms with Crippen LogP contribution in [0.15, 0.2) is 48.8 Å². The molecule has 27 heavy (non-hydrogen) atoms. The molecule has 4 heterocycles. The van der Waals surface area contributed by atoms with Crippen molar-refractivity contribution in [2.75, 3.05) is 5.32 Å². The zero-order valence-electron chi connectivity index (χ0n) is 14.1. The number of halogens is 3. The predicted octanol–water partition coefficient (Wildman–Crippen LogP) is 4.29. The largest absolute Gasteiger partial charge is 0.346 e. The highest BCUT2D eigenvalue weighted by atomic mass is 35.5. The third kappa shape index (κ3) is 3.43. The molecule has 0 spiro atoms. The first-order valence-electron chi connectivity index (χ1n) is 8.07. The van der Waals surface area contributed by atoms with E-state index in [1.54, 1.807) is 29.8 Å². The van der Waals surface area contributed by atoms with Crippen LogP contribution in [-0.2, 0) is 0 Å². The highest BCUT2D eigenvalue weighted by Crippen LogP contribution is 2.27. The van der Waals surface area contributed by atoms with Crippen molar-refractivity contribution in [1.82, 2.24) is 24.6 Å². The highest BCUT2D eigenvalue weighted by Gasteiger charge is 2.19. The number of aromatic nitrogens is 5. The van der Waals surface area contributed by atoms with E-state index in [9.17, 15) is 8.78 Å². The van der Waals surface area contributed by atoms with E-state index in [0.717, 1.165) is 11.7 Å². The molecule has 0 aliphatic heterocycles. The Bertz CT molecular complexity index is 1080. The fraction of sp³-hybridized carbons (Fsp3) is 0.111. The molecule has 1 atom stereocenters. The summed E-state index contributed by atoms with van der Waals surface area (Å²) < 4.78 is 29.2. The lowest BCUT2D eigenvalue weighted by atomic mass is 10.2. The predicted molar refractivity (Wildman–Crippen MR) is 97.4 cm³/mol. The van der Waals surface area contributed by atoms with Crippen LogP contribution in [0.5, 0.6) is 0 Å². The van der Waals surface area contributed by atoms with Crippen molar-refractivity contribution in [3.05, 3.63) is 71.3 Å². The summed E-state index contributed by atoms with van der Waals surface area (Å²) in [5, 5.41) is 7.00. The Morgan fingerprint density at radius 3 is 2.74 bits per heavy atom. The molecule has 0 fully saturated rings. The molecule has 136 valence electrons. The monoisotopic (exact) mass is 386 g/mol. The van der Waals surface area contributed by atoms with E-state index in [2.05, 4.69) is 25.4 Å². The van der Waals surface area contributed by atoms with Gasteiger partial charge in [0.1, 0.15) is 17.2 Å². The molecule has 0 aliphatic carbocycles. The first kappa shape index (κ1) is 17.3. The number of fused-ring (bicyclic) bond motifs is 1. The summed E-state index contributed by atoms with van der Waals surface area (Å²) in [7, 11) is 0. The highest BCUT2D eigenvalue weighted by molar-refractivity contribution is 6.29. The molecule has 4 rings (SSSR count). The Morgan fingerprint density at radius 2 is 2.00 bits per heavy atom. The smallest absolute Gasteiger partial charge is 0.225 e. The van der Waals surface area contributed by atoms with Crippen molar-refractivity contribution in [2.45, 2.75) is 13.0 Å². The van der Waals surface area contributed by atoms with Crippen LogP contribution < -0.4 is 5.32 Å². The Hall–Kier alpha value is -3.13. The summed E-state index contributed by atoms with van der Waals surface area (Å²) in [6, 6.07) is 9.73. The van der Waals surface area contributed by atoms with Crippen molar-refractivity contribution in [3.8, 4) is 11.4 Å². The Balaban J connectivity index is 1.69. The van der Waals surface area contributed by atoms with E-state index in [0.29, 0.717) is 11.4 Å². The molecule has 6 nitrogen and oxygen atoms in total. The molecule has 0 bridgehead atoms. The number of nitrogens with one attached hydrogen (secondary N) is 1. The van der Waals surface area contributed by atoms with E-state index in [4.69, 9.17) is 11.6 Å². The molecule has 0 aromatic carbocycles. The molecule has 9 heteroatoms. The maximum absolute atomic E-state index is 14.5. The van der Waals surface area contributed by atoms with Gasteiger partial charge in [0.05, 0.1) is 23.4 Å². The molecule has 0 amide bonds. The van der Waals surface area contributed by atoms with Crippen LogP contribution >= 0.6 is 11.6 Å². The molecule has 0 saturated heterocycles. The number of anilines is 1. The van der Waals surface area contributed by atoms with Crippen molar-refractivity contribution < 1.29 is 8.78 Å². The van der Waals surface area contributed by atoms with Gasteiger partial charge in [0, 0.05) is 6.20 Å². The number of nitrogens with zero attached hydrogens (tertiary/aromatic N) is 5. The van der Waals surface area contributed by atoms with Crippen molar-refractivity contribution in [1.29, 1.82) is 0 Å². The Labute approximate surface area is 157 Å². The maximum Gasteiger partial charge on any atom is 0.225 e. The van der Waals surface area contributed by atoms with Crippen LogP contribution in [0.3, 0.4) is 0 Å². The van der Waals surface area contributed by atoms with E-state index >= 15 is 0 Å². The molecule has 4 aromatic rings. The summed E-state index contributed by atoms with van der Waals surface area (Å²) >= 11 is 5.95. The molecule has 0 saturated carbocycles. The molecule has 0 unspecified atom stereocenters. The lowest BCUT2D eigenvalue weighted by Crippen LogP contribution is -2.12. The van der Waals surface area contributed by atoms with E-state index in [1.165, 1.54) is 6.07 Å². The van der Waals surface area contributed by atoms with Gasteiger partial charge in [0.15, 0.2) is 11.0 Å². The molecular weight excluding hydrogens is 374 g/mol. The summed E-state index contributed by atoms with van der Waals surface area (Å²) in [5.74, 6) is -1.06. The van der Waals surface area contributed by atoms with Gasteiger partial charge in [-0.3, -0.25) is 4.98 Å². The zero-order chi connectivity index (χ0) is 19.0. The summed E-state index contributed by atoms with van der Waals surface area (Å²) in [6.45, 7) is 1.80. The van der Waals surface area contributed by atoms with E-state index in [-0.39, 0.29) is 22.8 Å². The summed E-state index contributed by atoms with van der Waals surface area (Å²) in [4.78, 5) is 12.2. The number of hydrogen-bond acceptors (Lipinski definition) is 5. The second-order valence-corrected chi connectivity index (χ2v) is 6.23. The topological polar surface area (TPSA) is 68.0 Å². The van der Waals surface area contributed by atoms with Gasteiger partial charge in [-0.25, -0.2) is 18.3 Å². The van der Waals surface area contributed by atoms with Gasteiger partial charge in [0.25, 0.3) is 0 Å². The van der Waals surface area contributed by atoms with Crippen LogP contribution in [0, 0.1) is 11.6 Å². The summed E-state index contributed by atoms with van der Waals surface area (Å²) in [6.07, 6.45) is 2.87. The van der Waals surface area contributed by atoms with E-state index in [1.807, 2.05) is 18.2 Å². The average Bonchev–Trinajstić information content (AvgIpc) is 3.09. The number of hydrogen-bond donors (Lipinski definition) is 1. The lowest BCUT2D eigenvalue weighted by molar-refractivity contribution is 0.614. The quantitative estimate of drug-likeness (QED) is 0.530. The minimum Gasteiger partial charge on any atom is -0.346 e. The molecule has 4 aromatic heterocycles. The SMILES string of the molecule is C[C@H](Nc1nc(Cl)c(F)c(-c2cc3ccccn3n2)n1)c1ccc(F)cn1. The number of rotatable bonds is 4. The molecule has 0 aliphatic rings. The van der Waals surface area contributed by atoms with Gasteiger partial charge in [-0.1, -0.05) is 17.7 Å². The van der Waals surface area contributed by atoms with Crippen LogP contribution in [0.1, 0.15) is 18.7 Å². The average molecular weight is 387 g/mol. The van der Waals surface area contributed by atoms with Crippen molar-refractivity contribution >= 4 is 23.1 Å². The summed E-state index contributed by atoms with van der Waals surface area (Å²) in [5.41, 5.74) is 1.69. The van der Waals surface area contributed by atoms with Crippen LogP contribution in [-0.4, -0.2) is 24.6 Å². The van der Waals surface area contributed by atoms with Gasteiger partial charge in [-0.15, -0.1) is 0 Å². The minimum absolute atomic E-state index is 0.0135. The van der Waals surface area contributed by atoms with Gasteiger partial charge in [0.2, 0.25) is 5.95 Å². The maximum atomic E-state index is 14.5. The standard InChI is InChI=1S/C18H13ClF2N6/c1-10(13-6-5-11(20)9-22-13)23-18-24-16(15(21)17(19)25-18)14-8-12-4-2-3-7-27(12)26-14/h2-10H,1H3,(H,23,24,25)/t10-/m0/s1. The lowest BCUT2D eigenvalue weighted by Gasteiger charge is -2.14.